The standard InChI is InChI=1S/C15H14ClNO2/c16-13-4-1-3-12(11-13)8-9-17-15(18)7-6-14-5-2-10-19-14/h1-7,10-11H,8-9H2,(H,17,18)/b7-6+. The molecule has 0 spiro atoms. The number of hydrogen-bond acceptors (Lipinski definition) is 2. The largest absolute Gasteiger partial charge is 0.465 e. The molecule has 19 heavy (non-hydrogen) atoms. The lowest BCUT2D eigenvalue weighted by molar-refractivity contribution is -0.116. The van der Waals surface area contributed by atoms with Crippen LogP contribution in [0.3, 0.4) is 0 Å². The first-order chi connectivity index (χ1) is 9.24. The minimum Gasteiger partial charge on any atom is -0.465 e. The highest BCUT2D eigenvalue weighted by atomic mass is 35.5. The van der Waals surface area contributed by atoms with Gasteiger partial charge in [0.2, 0.25) is 5.91 Å². The maximum Gasteiger partial charge on any atom is 0.244 e. The molecule has 0 radical (unpaired) electrons. The molecule has 0 saturated carbocycles. The van der Waals surface area contributed by atoms with Crippen LogP contribution < -0.4 is 5.32 Å². The maximum atomic E-state index is 11.5. The van der Waals surface area contributed by atoms with Gasteiger partial charge in [-0.15, -0.1) is 0 Å². The van der Waals surface area contributed by atoms with E-state index in [-0.39, 0.29) is 5.91 Å². The molecular formula is C15H14ClNO2. The monoisotopic (exact) mass is 275 g/mol. The molecule has 0 saturated heterocycles. The molecule has 0 aliphatic carbocycles. The first-order valence-corrected chi connectivity index (χ1v) is 6.36. The van der Waals surface area contributed by atoms with Gasteiger partial charge in [-0.3, -0.25) is 4.79 Å². The summed E-state index contributed by atoms with van der Waals surface area (Å²) in [5, 5.41) is 3.51. The molecule has 2 rings (SSSR count). The summed E-state index contributed by atoms with van der Waals surface area (Å²) in [6, 6.07) is 11.2. The average molecular weight is 276 g/mol. The molecule has 1 N–H and O–H groups in total. The molecule has 1 amide bonds. The number of nitrogens with one attached hydrogen (secondary N) is 1. The second kappa shape index (κ2) is 6.81. The molecule has 0 unspecified atom stereocenters. The molecule has 3 nitrogen and oxygen atoms in total. The van der Waals surface area contributed by atoms with Crippen molar-refractivity contribution in [3.05, 3.63) is 65.1 Å². The summed E-state index contributed by atoms with van der Waals surface area (Å²) in [6.07, 6.45) is 5.41. The van der Waals surface area contributed by atoms with Crippen LogP contribution in [-0.4, -0.2) is 12.5 Å². The van der Waals surface area contributed by atoms with Crippen molar-refractivity contribution in [3.63, 3.8) is 0 Å². The third-order valence-electron chi connectivity index (χ3n) is 2.54. The highest BCUT2D eigenvalue weighted by Crippen LogP contribution is 2.10. The zero-order chi connectivity index (χ0) is 13.5. The average Bonchev–Trinajstić information content (AvgIpc) is 2.89. The molecule has 4 heteroatoms. The van der Waals surface area contributed by atoms with Crippen LogP contribution in [0.2, 0.25) is 5.02 Å². The Kier molecular flexibility index (Phi) is 4.81. The minimum atomic E-state index is -0.140. The fourth-order valence-corrected chi connectivity index (χ4v) is 1.84. The number of carbonyl (C=O) groups is 1. The van der Waals surface area contributed by atoms with Gasteiger partial charge in [0.15, 0.2) is 0 Å². The Morgan fingerprint density at radius 1 is 1.32 bits per heavy atom. The summed E-state index contributed by atoms with van der Waals surface area (Å²) < 4.78 is 5.09. The molecule has 1 aromatic carbocycles. The highest BCUT2D eigenvalue weighted by molar-refractivity contribution is 6.30. The van der Waals surface area contributed by atoms with Crippen LogP contribution in [-0.2, 0) is 11.2 Å². The van der Waals surface area contributed by atoms with E-state index in [2.05, 4.69) is 5.32 Å². The van der Waals surface area contributed by atoms with Gasteiger partial charge >= 0.3 is 0 Å². The Morgan fingerprint density at radius 2 is 2.21 bits per heavy atom. The molecule has 0 aliphatic heterocycles. The number of furan rings is 1. The fraction of sp³-hybridized carbons (Fsp3) is 0.133. The number of halogens is 1. The summed E-state index contributed by atoms with van der Waals surface area (Å²) in [5.74, 6) is 0.517. The zero-order valence-corrected chi connectivity index (χ0v) is 11.1. The predicted molar refractivity (Wildman–Crippen MR) is 75.9 cm³/mol. The van der Waals surface area contributed by atoms with E-state index in [4.69, 9.17) is 16.0 Å². The van der Waals surface area contributed by atoms with Gasteiger partial charge in [-0.25, -0.2) is 0 Å². The Bertz CT molecular complexity index is 561. The minimum absolute atomic E-state index is 0.140. The van der Waals surface area contributed by atoms with Gasteiger partial charge in [0.1, 0.15) is 5.76 Å². The van der Waals surface area contributed by atoms with Crippen LogP contribution in [0.25, 0.3) is 6.08 Å². The highest BCUT2D eigenvalue weighted by Gasteiger charge is 1.98. The molecular weight excluding hydrogens is 262 g/mol. The Morgan fingerprint density at radius 3 is 2.95 bits per heavy atom. The van der Waals surface area contributed by atoms with Gasteiger partial charge < -0.3 is 9.73 Å². The van der Waals surface area contributed by atoms with E-state index in [1.807, 2.05) is 24.3 Å². The van der Waals surface area contributed by atoms with Crippen LogP contribution in [0.5, 0.6) is 0 Å². The van der Waals surface area contributed by atoms with Crippen molar-refractivity contribution in [1.29, 1.82) is 0 Å². The quantitative estimate of drug-likeness (QED) is 0.851. The first-order valence-electron chi connectivity index (χ1n) is 5.98. The van der Waals surface area contributed by atoms with Crippen molar-refractivity contribution in [3.8, 4) is 0 Å². The summed E-state index contributed by atoms with van der Waals surface area (Å²) in [4.78, 5) is 11.5. The molecule has 0 aliphatic rings. The van der Waals surface area contributed by atoms with Crippen LogP contribution in [0.15, 0.2) is 53.2 Å². The number of hydrogen-bond donors (Lipinski definition) is 1. The van der Waals surface area contributed by atoms with Crippen molar-refractivity contribution >= 4 is 23.6 Å². The van der Waals surface area contributed by atoms with Crippen molar-refractivity contribution in [1.82, 2.24) is 5.32 Å². The smallest absolute Gasteiger partial charge is 0.244 e. The predicted octanol–water partition coefficient (Wildman–Crippen LogP) is 3.31. The SMILES string of the molecule is O=C(/C=C/c1ccco1)NCCc1cccc(Cl)c1. The summed E-state index contributed by atoms with van der Waals surface area (Å²) in [5.41, 5.74) is 1.10. The van der Waals surface area contributed by atoms with Gasteiger partial charge in [-0.1, -0.05) is 23.7 Å². The lowest BCUT2D eigenvalue weighted by Crippen LogP contribution is -2.23. The summed E-state index contributed by atoms with van der Waals surface area (Å²) in [6.45, 7) is 0.571. The van der Waals surface area contributed by atoms with Crippen molar-refractivity contribution in [2.75, 3.05) is 6.54 Å². The van der Waals surface area contributed by atoms with Gasteiger partial charge in [0.05, 0.1) is 6.26 Å². The van der Waals surface area contributed by atoms with Crippen LogP contribution in [0.4, 0.5) is 0 Å². The summed E-state index contributed by atoms with van der Waals surface area (Å²) >= 11 is 5.88. The number of amides is 1. The third-order valence-corrected chi connectivity index (χ3v) is 2.78. The van der Waals surface area contributed by atoms with Gasteiger partial charge in [0, 0.05) is 17.6 Å². The van der Waals surface area contributed by atoms with Gasteiger partial charge in [-0.05, 0) is 42.3 Å². The Labute approximate surface area is 116 Å². The van der Waals surface area contributed by atoms with E-state index in [9.17, 15) is 4.79 Å². The van der Waals surface area contributed by atoms with E-state index in [1.54, 1.807) is 24.5 Å². The molecule has 1 aromatic heterocycles. The van der Waals surface area contributed by atoms with Crippen molar-refractivity contribution in [2.45, 2.75) is 6.42 Å². The molecule has 2 aromatic rings. The molecule has 1 heterocycles. The van der Waals surface area contributed by atoms with E-state index < -0.39 is 0 Å². The second-order valence-electron chi connectivity index (χ2n) is 4.02. The third kappa shape index (κ3) is 4.64. The lowest BCUT2D eigenvalue weighted by atomic mass is 10.1. The van der Waals surface area contributed by atoms with Crippen LogP contribution in [0, 0.1) is 0 Å². The topological polar surface area (TPSA) is 42.2 Å². The van der Waals surface area contributed by atoms with E-state index >= 15 is 0 Å². The van der Waals surface area contributed by atoms with E-state index in [1.165, 1.54) is 6.08 Å². The zero-order valence-electron chi connectivity index (χ0n) is 10.3. The van der Waals surface area contributed by atoms with Crippen molar-refractivity contribution in [2.24, 2.45) is 0 Å². The van der Waals surface area contributed by atoms with Crippen molar-refractivity contribution < 1.29 is 9.21 Å². The first kappa shape index (κ1) is 13.4. The second-order valence-corrected chi connectivity index (χ2v) is 4.46. The van der Waals surface area contributed by atoms with E-state index in [0.717, 1.165) is 12.0 Å². The van der Waals surface area contributed by atoms with Gasteiger partial charge in [-0.2, -0.15) is 0 Å². The lowest BCUT2D eigenvalue weighted by Gasteiger charge is -2.03. The Hall–Kier alpha value is -2.00. The number of benzene rings is 1. The number of carbonyl (C=O) groups excluding carboxylic acids is 1. The number of rotatable bonds is 5. The maximum absolute atomic E-state index is 11.5. The molecule has 0 bridgehead atoms. The molecule has 0 atom stereocenters. The molecule has 98 valence electrons. The summed E-state index contributed by atoms with van der Waals surface area (Å²) in [7, 11) is 0. The van der Waals surface area contributed by atoms with E-state index in [0.29, 0.717) is 17.3 Å². The molecule has 0 fully saturated rings. The fourth-order valence-electron chi connectivity index (χ4n) is 1.63. The normalized spacial score (nSPS) is 10.8. The van der Waals surface area contributed by atoms with Crippen LogP contribution in [0.1, 0.15) is 11.3 Å². The Balaban J connectivity index is 1.75. The van der Waals surface area contributed by atoms with Crippen LogP contribution >= 0.6 is 11.6 Å². The van der Waals surface area contributed by atoms with Gasteiger partial charge in [0.25, 0.3) is 0 Å².